The highest BCUT2D eigenvalue weighted by molar-refractivity contribution is 6.07. The van der Waals surface area contributed by atoms with Crippen LogP contribution in [0.4, 0.5) is 0 Å². The Hall–Kier alpha value is -2.82. The molecule has 1 N–H and O–H groups in total. The molecule has 0 unspecified atom stereocenters. The number of Topliss-reactive ketones (excluding diaryl/α,β-unsaturated/α-hetero) is 1. The molecular formula is C19H21NO4. The van der Waals surface area contributed by atoms with Crippen molar-refractivity contribution in [3.63, 3.8) is 0 Å². The number of benzene rings is 2. The Labute approximate surface area is 141 Å². The van der Waals surface area contributed by atoms with Crippen LogP contribution in [0.5, 0.6) is 11.5 Å². The summed E-state index contributed by atoms with van der Waals surface area (Å²) in [5.74, 6) is 0.864. The number of methoxy groups -OCH3 is 2. The third kappa shape index (κ3) is 4.84. The largest absolute Gasteiger partial charge is 0.493 e. The maximum absolute atomic E-state index is 12.0. The van der Waals surface area contributed by atoms with E-state index in [9.17, 15) is 9.59 Å². The lowest BCUT2D eigenvalue weighted by Crippen LogP contribution is -2.27. The Morgan fingerprint density at radius 3 is 2.33 bits per heavy atom. The van der Waals surface area contributed by atoms with Gasteiger partial charge in [-0.05, 0) is 24.1 Å². The molecular weight excluding hydrogens is 306 g/mol. The van der Waals surface area contributed by atoms with Gasteiger partial charge in [0, 0.05) is 12.1 Å². The fourth-order valence-corrected chi connectivity index (χ4v) is 2.32. The van der Waals surface area contributed by atoms with Crippen LogP contribution in [0, 0.1) is 0 Å². The molecule has 0 spiro atoms. The highest BCUT2D eigenvalue weighted by Crippen LogP contribution is 2.27. The zero-order valence-corrected chi connectivity index (χ0v) is 13.9. The van der Waals surface area contributed by atoms with Crippen LogP contribution in [0.3, 0.4) is 0 Å². The minimum absolute atomic E-state index is 0.143. The number of ether oxygens (including phenoxy) is 2. The third-order valence-corrected chi connectivity index (χ3v) is 3.60. The lowest BCUT2D eigenvalue weighted by Gasteiger charge is -2.10. The van der Waals surface area contributed by atoms with Crippen molar-refractivity contribution in [2.75, 3.05) is 20.8 Å². The third-order valence-electron chi connectivity index (χ3n) is 3.60. The van der Waals surface area contributed by atoms with E-state index in [1.54, 1.807) is 38.5 Å². The minimum atomic E-state index is -0.274. The number of rotatable bonds is 8. The molecule has 0 atom stereocenters. The Kier molecular flexibility index (Phi) is 6.37. The maximum Gasteiger partial charge on any atom is 0.227 e. The van der Waals surface area contributed by atoms with E-state index in [-0.39, 0.29) is 18.1 Å². The number of ketones is 1. The van der Waals surface area contributed by atoms with E-state index < -0.39 is 0 Å². The van der Waals surface area contributed by atoms with Crippen molar-refractivity contribution in [3.8, 4) is 11.5 Å². The first-order valence-corrected chi connectivity index (χ1v) is 7.70. The Morgan fingerprint density at radius 2 is 1.67 bits per heavy atom. The Morgan fingerprint density at radius 1 is 0.958 bits per heavy atom. The highest BCUT2D eigenvalue weighted by Gasteiger charge is 2.11. The Bertz CT molecular complexity index is 698. The average molecular weight is 327 g/mol. The van der Waals surface area contributed by atoms with E-state index in [1.807, 2.05) is 24.3 Å². The second-order valence-electron chi connectivity index (χ2n) is 5.26. The van der Waals surface area contributed by atoms with Crippen molar-refractivity contribution in [2.45, 2.75) is 12.8 Å². The van der Waals surface area contributed by atoms with E-state index in [2.05, 4.69) is 5.32 Å². The van der Waals surface area contributed by atoms with Crippen LogP contribution in [0.25, 0.3) is 0 Å². The second-order valence-corrected chi connectivity index (χ2v) is 5.26. The standard InChI is InChI=1S/C19H21NO4/c1-23-17-9-8-14(12-18(17)24-2)10-11-20-19(22)13-16(21)15-6-4-3-5-7-15/h3-9,12H,10-11,13H2,1-2H3,(H,20,22). The van der Waals surface area contributed by atoms with Crippen LogP contribution in [0.2, 0.25) is 0 Å². The number of hydrogen-bond acceptors (Lipinski definition) is 4. The molecule has 2 aromatic carbocycles. The molecule has 24 heavy (non-hydrogen) atoms. The first-order chi connectivity index (χ1) is 11.6. The molecule has 5 nitrogen and oxygen atoms in total. The molecule has 0 aliphatic heterocycles. The van der Waals surface area contributed by atoms with Gasteiger partial charge in [0.1, 0.15) is 0 Å². The van der Waals surface area contributed by atoms with Gasteiger partial charge in [0.2, 0.25) is 5.91 Å². The second kappa shape index (κ2) is 8.72. The van der Waals surface area contributed by atoms with Crippen molar-refractivity contribution < 1.29 is 19.1 Å². The summed E-state index contributed by atoms with van der Waals surface area (Å²) in [5, 5.41) is 2.77. The first kappa shape index (κ1) is 17.5. The number of amides is 1. The molecule has 0 heterocycles. The zero-order valence-electron chi connectivity index (χ0n) is 13.9. The summed E-state index contributed by atoms with van der Waals surface area (Å²) in [7, 11) is 3.17. The number of carbonyl (C=O) groups is 2. The number of nitrogens with one attached hydrogen (secondary N) is 1. The monoisotopic (exact) mass is 327 g/mol. The van der Waals surface area contributed by atoms with E-state index >= 15 is 0 Å². The smallest absolute Gasteiger partial charge is 0.227 e. The summed E-state index contributed by atoms with van der Waals surface area (Å²) in [6, 6.07) is 14.4. The van der Waals surface area contributed by atoms with Gasteiger partial charge in [-0.3, -0.25) is 9.59 Å². The van der Waals surface area contributed by atoms with Crippen LogP contribution >= 0.6 is 0 Å². The van der Waals surface area contributed by atoms with Gasteiger partial charge < -0.3 is 14.8 Å². The van der Waals surface area contributed by atoms with Gasteiger partial charge >= 0.3 is 0 Å². The van der Waals surface area contributed by atoms with Gasteiger partial charge in [-0.1, -0.05) is 36.4 Å². The molecule has 0 radical (unpaired) electrons. The minimum Gasteiger partial charge on any atom is -0.493 e. The zero-order chi connectivity index (χ0) is 17.4. The van der Waals surface area contributed by atoms with Crippen LogP contribution in [0.1, 0.15) is 22.3 Å². The van der Waals surface area contributed by atoms with Gasteiger partial charge in [0.15, 0.2) is 17.3 Å². The summed E-state index contributed by atoms with van der Waals surface area (Å²) in [5.41, 5.74) is 1.56. The quantitative estimate of drug-likeness (QED) is 0.598. The van der Waals surface area contributed by atoms with E-state index in [4.69, 9.17) is 9.47 Å². The summed E-state index contributed by atoms with van der Waals surface area (Å²) < 4.78 is 10.4. The number of carbonyl (C=O) groups excluding carboxylic acids is 2. The lowest BCUT2D eigenvalue weighted by atomic mass is 10.1. The van der Waals surface area contributed by atoms with Gasteiger partial charge in [-0.15, -0.1) is 0 Å². The molecule has 0 saturated heterocycles. The molecule has 0 fully saturated rings. The fraction of sp³-hybridized carbons (Fsp3) is 0.263. The SMILES string of the molecule is COc1ccc(CCNC(=O)CC(=O)c2ccccc2)cc1OC. The van der Waals surface area contributed by atoms with E-state index in [0.29, 0.717) is 30.0 Å². The highest BCUT2D eigenvalue weighted by atomic mass is 16.5. The predicted molar refractivity (Wildman–Crippen MR) is 91.6 cm³/mol. The van der Waals surface area contributed by atoms with E-state index in [1.165, 1.54) is 0 Å². The van der Waals surface area contributed by atoms with Gasteiger partial charge in [0.25, 0.3) is 0 Å². The molecule has 0 aliphatic rings. The van der Waals surface area contributed by atoms with Gasteiger partial charge in [-0.2, -0.15) is 0 Å². The van der Waals surface area contributed by atoms with Crippen molar-refractivity contribution in [1.82, 2.24) is 5.32 Å². The summed E-state index contributed by atoms with van der Waals surface area (Å²) in [4.78, 5) is 23.8. The molecule has 1 amide bonds. The van der Waals surface area contributed by atoms with Crippen molar-refractivity contribution in [2.24, 2.45) is 0 Å². The molecule has 126 valence electrons. The maximum atomic E-state index is 12.0. The average Bonchev–Trinajstić information content (AvgIpc) is 2.62. The van der Waals surface area contributed by atoms with Crippen LogP contribution in [-0.2, 0) is 11.2 Å². The van der Waals surface area contributed by atoms with E-state index in [0.717, 1.165) is 5.56 Å². The van der Waals surface area contributed by atoms with Gasteiger partial charge in [-0.25, -0.2) is 0 Å². The lowest BCUT2D eigenvalue weighted by molar-refractivity contribution is -0.120. The van der Waals surface area contributed by atoms with Crippen LogP contribution < -0.4 is 14.8 Å². The molecule has 2 rings (SSSR count). The molecule has 0 saturated carbocycles. The van der Waals surface area contributed by atoms with Crippen LogP contribution in [0.15, 0.2) is 48.5 Å². The molecule has 2 aromatic rings. The number of hydrogen-bond donors (Lipinski definition) is 1. The van der Waals surface area contributed by atoms with Crippen molar-refractivity contribution in [1.29, 1.82) is 0 Å². The van der Waals surface area contributed by atoms with Gasteiger partial charge in [0.05, 0.1) is 20.6 Å². The molecule has 5 heteroatoms. The normalized spacial score (nSPS) is 10.1. The van der Waals surface area contributed by atoms with Crippen molar-refractivity contribution in [3.05, 3.63) is 59.7 Å². The summed E-state index contributed by atoms with van der Waals surface area (Å²) >= 11 is 0. The molecule has 0 aromatic heterocycles. The predicted octanol–water partition coefficient (Wildman–Crippen LogP) is 2.64. The Balaban J connectivity index is 1.81. The fourth-order valence-electron chi connectivity index (χ4n) is 2.32. The molecule has 0 bridgehead atoms. The molecule has 0 aliphatic carbocycles. The topological polar surface area (TPSA) is 64.6 Å². The summed E-state index contributed by atoms with van der Waals surface area (Å²) in [6.07, 6.45) is 0.502. The summed E-state index contributed by atoms with van der Waals surface area (Å²) in [6.45, 7) is 0.455. The van der Waals surface area contributed by atoms with Crippen molar-refractivity contribution >= 4 is 11.7 Å². The first-order valence-electron chi connectivity index (χ1n) is 7.70. The van der Waals surface area contributed by atoms with Crippen LogP contribution in [-0.4, -0.2) is 32.5 Å².